The molecule has 0 aromatic carbocycles. The van der Waals surface area contributed by atoms with Crippen molar-refractivity contribution in [2.24, 2.45) is 5.92 Å². The molecule has 4 N–H and O–H groups in total. The molecule has 0 aliphatic carbocycles. The van der Waals surface area contributed by atoms with Gasteiger partial charge in [0.2, 0.25) is 0 Å². The molecule has 0 rings (SSSR count). The number of rotatable bonds is 5. The second-order valence-electron chi connectivity index (χ2n) is 5.42. The van der Waals surface area contributed by atoms with E-state index in [4.69, 9.17) is 28.3 Å². The second kappa shape index (κ2) is 63.6. The van der Waals surface area contributed by atoms with Gasteiger partial charge in [-0.1, -0.05) is 55.9 Å². The van der Waals surface area contributed by atoms with Gasteiger partial charge in [-0.3, -0.25) is 0 Å². The summed E-state index contributed by atoms with van der Waals surface area (Å²) in [5.41, 5.74) is 0. The van der Waals surface area contributed by atoms with Gasteiger partial charge in [-0.15, -0.1) is 0 Å². The molecule has 3 radical (unpaired) electrons. The van der Waals surface area contributed by atoms with Gasteiger partial charge in [0, 0.05) is 109 Å². The summed E-state index contributed by atoms with van der Waals surface area (Å²) in [6.45, 7) is 13.9. The van der Waals surface area contributed by atoms with Crippen molar-refractivity contribution in [1.82, 2.24) is 0 Å². The van der Waals surface area contributed by atoms with Gasteiger partial charge in [0.1, 0.15) is 0 Å². The largest absolute Gasteiger partial charge is 0.439 e. The Morgan fingerprint density at radius 2 is 0.867 bits per heavy atom. The number of hydrogen-bond donors (Lipinski definition) is 4. The van der Waals surface area contributed by atoms with Crippen LogP contribution in [0.4, 0.5) is 0 Å². The van der Waals surface area contributed by atoms with Crippen LogP contribution >= 0.6 is 0 Å². The van der Waals surface area contributed by atoms with Gasteiger partial charge >= 0.3 is 0 Å². The molecule has 0 spiro atoms. The zero-order chi connectivity index (χ0) is 18.7. The number of hydrogen-bond acceptors (Lipinski definition) is 6. The molecule has 0 bridgehead atoms. The molecule has 30 heavy (non-hydrogen) atoms. The van der Waals surface area contributed by atoms with Crippen molar-refractivity contribution >= 4 is 11.0 Å². The first kappa shape index (κ1) is 76.6. The monoisotopic (exact) mass is 689 g/mol. The molecule has 0 saturated carbocycles. The fraction of sp³-hybridized carbons (Fsp3) is 0.850. The van der Waals surface area contributed by atoms with Crippen molar-refractivity contribution in [3.63, 3.8) is 0 Å². The Bertz CT molecular complexity index is 253. The molecule has 0 fully saturated rings. The maximum atomic E-state index is 8.87. The first-order valence-electron chi connectivity index (χ1n) is 7.76. The molecular formula is C20H54O6SY3-4. The topological polar surface area (TPSA) is 115 Å². The normalized spacial score (nSPS) is 10.0. The fourth-order valence-corrected chi connectivity index (χ4v) is 0.560. The van der Waals surface area contributed by atoms with Crippen molar-refractivity contribution in [2.75, 3.05) is 0 Å². The Morgan fingerprint density at radius 1 is 0.667 bits per heavy atom. The zero-order valence-corrected chi connectivity index (χ0v) is 29.2. The van der Waals surface area contributed by atoms with E-state index in [-0.39, 0.29) is 154 Å². The first-order valence-corrected chi connectivity index (χ1v) is 8.79. The summed E-state index contributed by atoms with van der Waals surface area (Å²) in [7, 11) is -2.86. The molecule has 189 valence electrons. The Morgan fingerprint density at radius 3 is 0.900 bits per heavy atom. The van der Waals surface area contributed by atoms with Crippen LogP contribution < -0.4 is 0 Å². The molecule has 0 saturated heterocycles. The van der Waals surface area contributed by atoms with Crippen LogP contribution in [0.25, 0.3) is 0 Å². The molecule has 0 aromatic rings. The summed E-state index contributed by atoms with van der Waals surface area (Å²) in [6.07, 6.45) is 2.58. The second-order valence-corrected chi connectivity index (χ2v) is 5.86. The molecule has 0 heterocycles. The standard InChI is InChI=1S/C6H14O2.C5H12.C4H10O.2CH4.3CH3.HO3S.3Y/c1-3-6(8)4-5(2)7;1-4-5(2)3;1-3-4(2)5;;;;;;1-4(2)3;;;/h5-8H,3-4H2,1-2H3;5H,4H2,1-3H3;4-5H,3H2,1-2H3;2*1H4;3*1H3;(H,1,2,3);;;/q;;;;;4*-1;;;. The predicted molar refractivity (Wildman–Crippen MR) is 124 cm³/mol. The van der Waals surface area contributed by atoms with Gasteiger partial charge in [-0.2, -0.15) is 0 Å². The summed E-state index contributed by atoms with van der Waals surface area (Å²) in [5.74, 6) is 0.884. The van der Waals surface area contributed by atoms with Gasteiger partial charge in [0.15, 0.2) is 0 Å². The third-order valence-corrected chi connectivity index (χ3v) is 2.49. The third kappa shape index (κ3) is 164. The van der Waals surface area contributed by atoms with Gasteiger partial charge in [0.25, 0.3) is 0 Å². The maximum absolute atomic E-state index is 8.87. The number of aliphatic hydroxyl groups is 3. The first-order chi connectivity index (χ1) is 9.94. The average molecular weight is 689 g/mol. The van der Waals surface area contributed by atoms with E-state index in [0.717, 1.165) is 18.8 Å². The van der Waals surface area contributed by atoms with Crippen LogP contribution in [0, 0.1) is 28.2 Å². The molecule has 0 aliphatic heterocycles. The maximum Gasteiger partial charge on any atom is 0.0562 e. The smallest absolute Gasteiger partial charge is 0.0562 e. The Labute approximate surface area is 269 Å². The van der Waals surface area contributed by atoms with Crippen LogP contribution in [-0.2, 0) is 118 Å². The van der Waals surface area contributed by atoms with E-state index >= 15 is 0 Å². The fourth-order valence-electron chi connectivity index (χ4n) is 0.560. The van der Waals surface area contributed by atoms with Crippen LogP contribution in [0.3, 0.4) is 0 Å². The van der Waals surface area contributed by atoms with Crippen molar-refractivity contribution in [2.45, 2.75) is 107 Å². The van der Waals surface area contributed by atoms with E-state index < -0.39 is 11.0 Å². The van der Waals surface area contributed by atoms with E-state index in [1.165, 1.54) is 6.42 Å². The van der Waals surface area contributed by atoms with Crippen molar-refractivity contribution < 1.29 is 126 Å². The minimum Gasteiger partial charge on any atom is -0.439 e. The van der Waals surface area contributed by atoms with Crippen LogP contribution in [0.15, 0.2) is 0 Å². The van der Waals surface area contributed by atoms with E-state index in [0.29, 0.717) is 6.42 Å². The Hall–Kier alpha value is 3.10. The quantitative estimate of drug-likeness (QED) is 0.127. The van der Waals surface area contributed by atoms with Gasteiger partial charge < -0.3 is 50.6 Å². The molecule has 6 nitrogen and oxygen atoms in total. The van der Waals surface area contributed by atoms with Gasteiger partial charge in [-0.25, -0.2) is 0 Å². The van der Waals surface area contributed by atoms with Crippen molar-refractivity contribution in [3.8, 4) is 0 Å². The summed E-state index contributed by atoms with van der Waals surface area (Å²) >= 11 is 0. The summed E-state index contributed by atoms with van der Waals surface area (Å²) < 4.78 is 24.1. The number of aliphatic hydroxyl groups excluding tert-OH is 3. The summed E-state index contributed by atoms with van der Waals surface area (Å²) in [4.78, 5) is 0. The van der Waals surface area contributed by atoms with Crippen LogP contribution in [-0.4, -0.2) is 38.2 Å². The summed E-state index contributed by atoms with van der Waals surface area (Å²) in [5, 5.41) is 25.9. The van der Waals surface area contributed by atoms with Gasteiger partial charge in [0.05, 0.1) is 18.3 Å². The van der Waals surface area contributed by atoms with E-state index in [9.17, 15) is 0 Å². The zero-order valence-electron chi connectivity index (χ0n) is 19.9. The molecule has 10 heteroatoms. The van der Waals surface area contributed by atoms with Crippen LogP contribution in [0.5, 0.6) is 0 Å². The van der Waals surface area contributed by atoms with Crippen molar-refractivity contribution in [3.05, 3.63) is 22.3 Å². The molecule has 0 aliphatic rings. The Kier molecular flexibility index (Phi) is 162. The van der Waals surface area contributed by atoms with Crippen LogP contribution in [0.1, 0.15) is 89.0 Å². The van der Waals surface area contributed by atoms with Gasteiger partial charge in [-0.05, 0) is 39.0 Å². The van der Waals surface area contributed by atoms with Crippen LogP contribution in [0.2, 0.25) is 0 Å². The van der Waals surface area contributed by atoms with Crippen molar-refractivity contribution in [1.29, 1.82) is 0 Å². The van der Waals surface area contributed by atoms with E-state index in [1.807, 2.05) is 13.8 Å². The SMILES string of the molecule is C.C.CCC(C)C.CCC(C)O.CCC(O)CC(C)O.O=[S-](=O)O.[CH3-].[CH3-].[CH3-].[Y].[Y].[Y]. The minimum atomic E-state index is -2.86. The molecule has 0 amide bonds. The molecule has 3 unspecified atom stereocenters. The summed E-state index contributed by atoms with van der Waals surface area (Å²) in [6, 6.07) is 0. The van der Waals surface area contributed by atoms with E-state index in [1.54, 1.807) is 13.8 Å². The molecular weight excluding hydrogens is 635 g/mol. The third-order valence-electron chi connectivity index (χ3n) is 2.49. The Balaban J connectivity index is -0.0000000136. The molecule has 3 atom stereocenters. The minimum absolute atomic E-state index is 0. The van der Waals surface area contributed by atoms with E-state index in [2.05, 4.69) is 20.8 Å². The molecule has 0 aromatic heterocycles. The predicted octanol–water partition coefficient (Wildman–Crippen LogP) is 5.74. The average Bonchev–Trinajstić information content (AvgIpc) is 2.38.